The van der Waals surface area contributed by atoms with Gasteiger partial charge in [-0.2, -0.15) is 0 Å². The molecular formula is C18H22O4. The number of allylic oxidation sites excluding steroid dienone is 1. The van der Waals surface area contributed by atoms with Crippen molar-refractivity contribution in [1.82, 2.24) is 0 Å². The first-order valence-corrected chi connectivity index (χ1v) is 7.80. The van der Waals surface area contributed by atoms with Gasteiger partial charge >= 0.3 is 5.97 Å². The van der Waals surface area contributed by atoms with Crippen LogP contribution in [0.2, 0.25) is 0 Å². The van der Waals surface area contributed by atoms with Crippen molar-refractivity contribution in [3.63, 3.8) is 0 Å². The minimum atomic E-state index is -0.406. The maximum Gasteiger partial charge on any atom is 0.313 e. The van der Waals surface area contributed by atoms with Crippen molar-refractivity contribution in [2.45, 2.75) is 25.7 Å². The van der Waals surface area contributed by atoms with E-state index in [0.717, 1.165) is 29.7 Å². The number of benzene rings is 1. The Morgan fingerprint density at radius 1 is 1.36 bits per heavy atom. The lowest BCUT2D eigenvalue weighted by Gasteiger charge is -2.24. The van der Waals surface area contributed by atoms with Gasteiger partial charge in [0.1, 0.15) is 5.75 Å². The van der Waals surface area contributed by atoms with E-state index in [1.54, 1.807) is 0 Å². The molecular weight excluding hydrogens is 280 g/mol. The number of carbonyl (C=O) groups is 1. The molecule has 4 heteroatoms. The summed E-state index contributed by atoms with van der Waals surface area (Å²) in [6.45, 7) is 5.23. The van der Waals surface area contributed by atoms with Crippen molar-refractivity contribution in [3.8, 4) is 5.75 Å². The summed E-state index contributed by atoms with van der Waals surface area (Å²) in [5, 5.41) is 8.75. The fraction of sp³-hybridized carbons (Fsp3) is 0.500. The zero-order chi connectivity index (χ0) is 15.6. The van der Waals surface area contributed by atoms with E-state index in [1.807, 2.05) is 24.3 Å². The molecule has 0 spiro atoms. The highest BCUT2D eigenvalue weighted by Gasteiger charge is 2.55. The summed E-state index contributed by atoms with van der Waals surface area (Å²) in [7, 11) is 0. The summed E-state index contributed by atoms with van der Waals surface area (Å²) >= 11 is 0. The van der Waals surface area contributed by atoms with Gasteiger partial charge in [0.25, 0.3) is 0 Å². The van der Waals surface area contributed by atoms with E-state index < -0.39 is 5.41 Å². The van der Waals surface area contributed by atoms with Crippen molar-refractivity contribution in [1.29, 1.82) is 0 Å². The van der Waals surface area contributed by atoms with Crippen LogP contribution in [0.4, 0.5) is 0 Å². The normalized spacial score (nSPS) is 26.9. The zero-order valence-electron chi connectivity index (χ0n) is 12.7. The fourth-order valence-electron chi connectivity index (χ4n) is 3.59. The molecule has 2 unspecified atom stereocenters. The molecule has 1 aliphatic heterocycles. The first kappa shape index (κ1) is 15.1. The maximum atomic E-state index is 12.3. The van der Waals surface area contributed by atoms with Crippen LogP contribution in [0.15, 0.2) is 36.4 Å². The third-order valence-electron chi connectivity index (χ3n) is 4.72. The first-order valence-electron chi connectivity index (χ1n) is 7.80. The average Bonchev–Trinajstić information content (AvgIpc) is 2.97. The van der Waals surface area contributed by atoms with E-state index in [0.29, 0.717) is 26.1 Å². The van der Waals surface area contributed by atoms with Crippen LogP contribution in [0.1, 0.15) is 24.8 Å². The van der Waals surface area contributed by atoms with E-state index in [1.165, 1.54) is 0 Å². The van der Waals surface area contributed by atoms with Gasteiger partial charge in [-0.25, -0.2) is 0 Å². The smallest absolute Gasteiger partial charge is 0.313 e. The summed E-state index contributed by atoms with van der Waals surface area (Å²) in [6, 6.07) is 7.85. The molecule has 22 heavy (non-hydrogen) atoms. The molecule has 0 radical (unpaired) electrons. The van der Waals surface area contributed by atoms with E-state index in [4.69, 9.17) is 14.6 Å². The largest absolute Gasteiger partial charge is 0.494 e. The Bertz CT molecular complexity index is 563. The van der Waals surface area contributed by atoms with E-state index in [2.05, 4.69) is 6.58 Å². The fourth-order valence-corrected chi connectivity index (χ4v) is 3.59. The van der Waals surface area contributed by atoms with Crippen LogP contribution < -0.4 is 4.74 Å². The van der Waals surface area contributed by atoms with Crippen LogP contribution in [0.25, 0.3) is 0 Å². The zero-order valence-corrected chi connectivity index (χ0v) is 12.7. The van der Waals surface area contributed by atoms with Crippen LogP contribution in [-0.4, -0.2) is 30.9 Å². The molecule has 1 heterocycles. The van der Waals surface area contributed by atoms with Gasteiger partial charge in [-0.15, -0.1) is 0 Å². The van der Waals surface area contributed by atoms with E-state index in [9.17, 15) is 4.79 Å². The molecule has 0 bridgehead atoms. The topological polar surface area (TPSA) is 55.8 Å². The van der Waals surface area contributed by atoms with E-state index in [-0.39, 0.29) is 18.5 Å². The Kier molecular flexibility index (Phi) is 4.21. The SMILES string of the molecule is C=C1CC2COC(=O)C2(Cc2ccc(OCCCO)cc2)C1. The lowest BCUT2D eigenvalue weighted by Crippen LogP contribution is -2.31. The molecule has 1 aromatic carbocycles. The highest BCUT2D eigenvalue weighted by atomic mass is 16.5. The summed E-state index contributed by atoms with van der Waals surface area (Å²) < 4.78 is 10.8. The molecule has 4 nitrogen and oxygen atoms in total. The van der Waals surface area contributed by atoms with Gasteiger partial charge < -0.3 is 14.6 Å². The standard InChI is InChI=1S/C18H22O4/c1-13-9-15-12-22-17(20)18(15,10-13)11-14-3-5-16(6-4-14)21-8-2-7-19/h3-6,15,19H,1-2,7-12H2. The van der Waals surface area contributed by atoms with Gasteiger partial charge in [0, 0.05) is 18.9 Å². The van der Waals surface area contributed by atoms with Crippen molar-refractivity contribution in [2.75, 3.05) is 19.8 Å². The third kappa shape index (κ3) is 2.75. The molecule has 2 atom stereocenters. The molecule has 3 rings (SSSR count). The second-order valence-corrected chi connectivity index (χ2v) is 6.33. The lowest BCUT2D eigenvalue weighted by atomic mass is 9.75. The number of rotatable bonds is 6. The van der Waals surface area contributed by atoms with Crippen molar-refractivity contribution in [3.05, 3.63) is 42.0 Å². The minimum absolute atomic E-state index is 0.0700. The second kappa shape index (κ2) is 6.13. The minimum Gasteiger partial charge on any atom is -0.494 e. The number of ether oxygens (including phenoxy) is 2. The Morgan fingerprint density at radius 2 is 2.14 bits per heavy atom. The molecule has 1 aromatic rings. The first-order chi connectivity index (χ1) is 10.6. The van der Waals surface area contributed by atoms with Gasteiger partial charge in [-0.3, -0.25) is 4.79 Å². The number of hydrogen-bond donors (Lipinski definition) is 1. The Labute approximate surface area is 130 Å². The quantitative estimate of drug-likeness (QED) is 0.498. The molecule has 0 amide bonds. The number of cyclic esters (lactones) is 1. The average molecular weight is 302 g/mol. The van der Waals surface area contributed by atoms with Gasteiger partial charge in [-0.05, 0) is 37.0 Å². The van der Waals surface area contributed by atoms with Crippen molar-refractivity contribution < 1.29 is 19.4 Å². The lowest BCUT2D eigenvalue weighted by molar-refractivity contribution is -0.146. The number of hydrogen-bond acceptors (Lipinski definition) is 4. The van der Waals surface area contributed by atoms with Crippen LogP contribution in [0, 0.1) is 11.3 Å². The number of esters is 1. The molecule has 0 aromatic heterocycles. The monoisotopic (exact) mass is 302 g/mol. The van der Waals surface area contributed by atoms with Gasteiger partial charge in [0.15, 0.2) is 0 Å². The molecule has 1 saturated heterocycles. The molecule has 2 fully saturated rings. The molecule has 1 saturated carbocycles. The van der Waals surface area contributed by atoms with Gasteiger partial charge in [0.05, 0.1) is 18.6 Å². The van der Waals surface area contributed by atoms with E-state index >= 15 is 0 Å². The summed E-state index contributed by atoms with van der Waals surface area (Å²) in [6.07, 6.45) is 2.96. The predicted octanol–water partition coefficient (Wildman–Crippen LogP) is 2.50. The van der Waals surface area contributed by atoms with Crippen LogP contribution >= 0.6 is 0 Å². The summed E-state index contributed by atoms with van der Waals surface area (Å²) in [5.74, 6) is 0.989. The number of fused-ring (bicyclic) bond motifs is 1. The third-order valence-corrected chi connectivity index (χ3v) is 4.72. The second-order valence-electron chi connectivity index (χ2n) is 6.33. The predicted molar refractivity (Wildman–Crippen MR) is 82.6 cm³/mol. The highest BCUT2D eigenvalue weighted by Crippen LogP contribution is 2.52. The number of carbonyl (C=O) groups excluding carboxylic acids is 1. The van der Waals surface area contributed by atoms with Gasteiger partial charge in [-0.1, -0.05) is 24.3 Å². The van der Waals surface area contributed by atoms with Crippen LogP contribution in [0.3, 0.4) is 0 Å². The molecule has 2 aliphatic rings. The van der Waals surface area contributed by atoms with Crippen molar-refractivity contribution >= 4 is 5.97 Å². The maximum absolute atomic E-state index is 12.3. The number of aliphatic hydroxyl groups excluding tert-OH is 1. The molecule has 1 aliphatic carbocycles. The highest BCUT2D eigenvalue weighted by molar-refractivity contribution is 5.81. The Hall–Kier alpha value is -1.81. The summed E-state index contributed by atoms with van der Waals surface area (Å²) in [4.78, 5) is 12.3. The van der Waals surface area contributed by atoms with Crippen LogP contribution in [0.5, 0.6) is 5.75 Å². The van der Waals surface area contributed by atoms with Crippen LogP contribution in [-0.2, 0) is 16.0 Å². The summed E-state index contributed by atoms with van der Waals surface area (Å²) in [5.41, 5.74) is 1.87. The molecule has 1 N–H and O–H groups in total. The Balaban J connectivity index is 1.70. The number of aliphatic hydroxyl groups is 1. The Morgan fingerprint density at radius 3 is 2.86 bits per heavy atom. The van der Waals surface area contributed by atoms with Gasteiger partial charge in [0.2, 0.25) is 0 Å². The molecule has 118 valence electrons. The van der Waals surface area contributed by atoms with Crippen molar-refractivity contribution in [2.24, 2.45) is 11.3 Å².